The van der Waals surface area contributed by atoms with Crippen molar-refractivity contribution in [3.63, 3.8) is 0 Å². The summed E-state index contributed by atoms with van der Waals surface area (Å²) in [5.74, 6) is 1.33. The third-order valence-electron chi connectivity index (χ3n) is 3.21. The second-order valence-corrected chi connectivity index (χ2v) is 6.38. The highest BCUT2D eigenvalue weighted by Crippen LogP contribution is 2.28. The van der Waals surface area contributed by atoms with E-state index in [2.05, 4.69) is 31.8 Å². The van der Waals surface area contributed by atoms with Gasteiger partial charge in [-0.05, 0) is 60.6 Å². The largest absolute Gasteiger partial charge is 0.493 e. The topological polar surface area (TPSA) is 54.9 Å². The Morgan fingerprint density at radius 3 is 2.64 bits per heavy atom. The Morgan fingerprint density at radius 2 is 1.96 bits per heavy atom. The fraction of sp³-hybridized carbons (Fsp3) is 0.222. The van der Waals surface area contributed by atoms with Crippen LogP contribution in [0.4, 0.5) is 0 Å². The molecule has 0 saturated heterocycles. The molecule has 0 radical (unpaired) electrons. The van der Waals surface area contributed by atoms with Crippen molar-refractivity contribution in [1.29, 1.82) is 0 Å². The van der Waals surface area contributed by atoms with Crippen LogP contribution in [0.2, 0.25) is 0 Å². The molecule has 0 aliphatic rings. The average Bonchev–Trinajstić information content (AvgIpc) is 2.62. The Balaban J connectivity index is 1.99. The van der Waals surface area contributed by atoms with Gasteiger partial charge in [-0.25, -0.2) is 0 Å². The Hall–Kier alpha value is -2.12. The molecule has 0 unspecified atom stereocenters. The van der Waals surface area contributed by atoms with E-state index in [9.17, 15) is 0 Å². The number of nitrogens with zero attached hydrogens (tertiary/aromatic N) is 1. The van der Waals surface area contributed by atoms with E-state index in [4.69, 9.17) is 21.7 Å². The van der Waals surface area contributed by atoms with Crippen molar-refractivity contribution < 1.29 is 9.47 Å². The summed E-state index contributed by atoms with van der Waals surface area (Å²) in [6.07, 6.45) is 1.67. The zero-order valence-corrected chi connectivity index (χ0v) is 16.5. The first-order valence-electron chi connectivity index (χ1n) is 7.74. The molecule has 0 spiro atoms. The smallest absolute Gasteiger partial charge is 0.186 e. The molecule has 0 heterocycles. The highest BCUT2D eigenvalue weighted by Gasteiger charge is 2.06. The minimum Gasteiger partial charge on any atom is -0.493 e. The van der Waals surface area contributed by atoms with Crippen molar-refractivity contribution in [3.05, 3.63) is 58.1 Å². The van der Waals surface area contributed by atoms with Gasteiger partial charge in [0, 0.05) is 11.0 Å². The van der Waals surface area contributed by atoms with Gasteiger partial charge in [0.25, 0.3) is 0 Å². The molecule has 0 amide bonds. The number of ether oxygens (including phenoxy) is 2. The minimum atomic E-state index is 0.468. The number of nitrogens with one attached hydrogen (secondary N) is 2. The molecule has 0 atom stereocenters. The first-order chi connectivity index (χ1) is 12.1. The van der Waals surface area contributed by atoms with Gasteiger partial charge in [0.05, 0.1) is 13.3 Å². The molecule has 0 saturated carbocycles. The molecular formula is C18H20BrN3O2S. The summed E-state index contributed by atoms with van der Waals surface area (Å²) < 4.78 is 12.3. The highest BCUT2D eigenvalue weighted by molar-refractivity contribution is 9.10. The molecule has 2 aromatic carbocycles. The van der Waals surface area contributed by atoms with Gasteiger partial charge in [-0.2, -0.15) is 5.10 Å². The first kappa shape index (κ1) is 19.2. The summed E-state index contributed by atoms with van der Waals surface area (Å²) in [5.41, 5.74) is 4.70. The predicted octanol–water partition coefficient (Wildman–Crippen LogP) is 3.85. The predicted molar refractivity (Wildman–Crippen MR) is 108 cm³/mol. The van der Waals surface area contributed by atoms with Crippen molar-refractivity contribution in [3.8, 4) is 11.5 Å². The summed E-state index contributed by atoms with van der Waals surface area (Å²) in [4.78, 5) is 0. The molecule has 25 heavy (non-hydrogen) atoms. The number of halogens is 1. The van der Waals surface area contributed by atoms with Crippen molar-refractivity contribution in [2.24, 2.45) is 5.10 Å². The fourth-order valence-electron chi connectivity index (χ4n) is 1.99. The molecular weight excluding hydrogens is 402 g/mol. The lowest BCUT2D eigenvalue weighted by Gasteiger charge is -2.11. The summed E-state index contributed by atoms with van der Waals surface area (Å²) >= 11 is 8.46. The summed E-state index contributed by atoms with van der Waals surface area (Å²) in [7, 11) is 1.61. The SMILES string of the molecule is CCNC(=S)NN=Cc1ccc(OCc2ccc(Br)cc2)c(OC)c1. The van der Waals surface area contributed by atoms with Gasteiger partial charge in [0.2, 0.25) is 0 Å². The van der Waals surface area contributed by atoms with E-state index in [0.717, 1.165) is 22.1 Å². The monoisotopic (exact) mass is 421 g/mol. The van der Waals surface area contributed by atoms with Crippen LogP contribution in [0.5, 0.6) is 11.5 Å². The first-order valence-corrected chi connectivity index (χ1v) is 8.94. The summed E-state index contributed by atoms with van der Waals surface area (Å²) in [6.45, 7) is 3.19. The van der Waals surface area contributed by atoms with E-state index in [1.54, 1.807) is 13.3 Å². The van der Waals surface area contributed by atoms with E-state index in [0.29, 0.717) is 23.2 Å². The van der Waals surface area contributed by atoms with Gasteiger partial charge in [-0.3, -0.25) is 5.43 Å². The molecule has 0 fully saturated rings. The van der Waals surface area contributed by atoms with E-state index >= 15 is 0 Å². The number of methoxy groups -OCH3 is 1. The lowest BCUT2D eigenvalue weighted by molar-refractivity contribution is 0.284. The Kier molecular flexibility index (Phi) is 7.69. The molecule has 0 bridgehead atoms. The Bertz CT molecular complexity index is 736. The van der Waals surface area contributed by atoms with Crippen LogP contribution in [0.25, 0.3) is 0 Å². The zero-order valence-electron chi connectivity index (χ0n) is 14.1. The number of rotatable bonds is 7. The van der Waals surface area contributed by atoms with Crippen molar-refractivity contribution in [2.45, 2.75) is 13.5 Å². The third kappa shape index (κ3) is 6.36. The van der Waals surface area contributed by atoms with Crippen molar-refractivity contribution in [1.82, 2.24) is 10.7 Å². The van der Waals surface area contributed by atoms with Crippen LogP contribution in [0.3, 0.4) is 0 Å². The number of thiocarbonyl (C=S) groups is 1. The molecule has 132 valence electrons. The Morgan fingerprint density at radius 1 is 1.20 bits per heavy atom. The maximum Gasteiger partial charge on any atom is 0.186 e. The van der Waals surface area contributed by atoms with Crippen LogP contribution in [-0.4, -0.2) is 25.0 Å². The molecule has 0 aliphatic heterocycles. The van der Waals surface area contributed by atoms with Gasteiger partial charge in [-0.15, -0.1) is 0 Å². The van der Waals surface area contributed by atoms with E-state index in [1.807, 2.05) is 49.4 Å². The quantitative estimate of drug-likeness (QED) is 0.403. The van der Waals surface area contributed by atoms with Gasteiger partial charge in [0.15, 0.2) is 16.6 Å². The van der Waals surface area contributed by atoms with Crippen LogP contribution in [-0.2, 0) is 6.61 Å². The lowest BCUT2D eigenvalue weighted by Crippen LogP contribution is -2.31. The van der Waals surface area contributed by atoms with Gasteiger partial charge >= 0.3 is 0 Å². The average molecular weight is 422 g/mol. The second-order valence-electron chi connectivity index (χ2n) is 5.05. The van der Waals surface area contributed by atoms with E-state index < -0.39 is 0 Å². The van der Waals surface area contributed by atoms with Crippen molar-refractivity contribution in [2.75, 3.05) is 13.7 Å². The van der Waals surface area contributed by atoms with Crippen LogP contribution in [0.1, 0.15) is 18.1 Å². The number of benzene rings is 2. The van der Waals surface area contributed by atoms with Crippen LogP contribution in [0, 0.1) is 0 Å². The summed E-state index contributed by atoms with van der Waals surface area (Å²) in [5, 5.41) is 7.53. The zero-order chi connectivity index (χ0) is 18.1. The molecule has 0 aliphatic carbocycles. The fourth-order valence-corrected chi connectivity index (χ4v) is 2.45. The number of hydrazone groups is 1. The standard InChI is InChI=1S/C18H20BrN3O2S/c1-3-20-18(25)22-21-11-14-6-9-16(17(10-14)23-2)24-12-13-4-7-15(19)8-5-13/h4-11H,3,12H2,1-2H3,(H2,20,22,25). The van der Waals surface area contributed by atoms with Crippen LogP contribution in [0.15, 0.2) is 52.0 Å². The third-order valence-corrected chi connectivity index (χ3v) is 3.98. The molecule has 2 aromatic rings. The van der Waals surface area contributed by atoms with Gasteiger partial charge < -0.3 is 14.8 Å². The normalized spacial score (nSPS) is 10.5. The second kappa shape index (κ2) is 10.0. The molecule has 0 aromatic heterocycles. The molecule has 2 N–H and O–H groups in total. The van der Waals surface area contributed by atoms with Crippen LogP contribution >= 0.6 is 28.1 Å². The minimum absolute atomic E-state index is 0.468. The highest BCUT2D eigenvalue weighted by atomic mass is 79.9. The van der Waals surface area contributed by atoms with Gasteiger partial charge in [-0.1, -0.05) is 28.1 Å². The lowest BCUT2D eigenvalue weighted by atomic mass is 10.2. The number of hydrogen-bond donors (Lipinski definition) is 2. The molecule has 2 rings (SSSR count). The Labute approximate surface area is 161 Å². The van der Waals surface area contributed by atoms with E-state index in [1.165, 1.54) is 0 Å². The van der Waals surface area contributed by atoms with Gasteiger partial charge in [0.1, 0.15) is 6.61 Å². The van der Waals surface area contributed by atoms with Crippen LogP contribution < -0.4 is 20.2 Å². The maximum atomic E-state index is 5.85. The number of hydrogen-bond acceptors (Lipinski definition) is 4. The molecule has 7 heteroatoms. The maximum absolute atomic E-state index is 5.85. The molecule has 5 nitrogen and oxygen atoms in total. The summed E-state index contributed by atoms with van der Waals surface area (Å²) in [6, 6.07) is 13.6. The van der Waals surface area contributed by atoms with Crippen molar-refractivity contribution >= 4 is 39.5 Å². The van der Waals surface area contributed by atoms with E-state index in [-0.39, 0.29) is 0 Å².